The predicted molar refractivity (Wildman–Crippen MR) is 64.8 cm³/mol. The number of hydrogen-bond acceptors (Lipinski definition) is 3. The highest BCUT2D eigenvalue weighted by Gasteiger charge is 2.12. The molecule has 0 saturated heterocycles. The highest BCUT2D eigenvalue weighted by molar-refractivity contribution is 5.90. The summed E-state index contributed by atoms with van der Waals surface area (Å²) in [6, 6.07) is 9.26. The minimum atomic E-state index is -0.293. The van der Waals surface area contributed by atoms with Crippen LogP contribution in [0.1, 0.15) is 5.56 Å². The summed E-state index contributed by atoms with van der Waals surface area (Å²) < 4.78 is 4.72. The monoisotopic (exact) mass is 232 g/mol. The summed E-state index contributed by atoms with van der Waals surface area (Å²) in [5.74, 6) is -0.293. The van der Waals surface area contributed by atoms with E-state index in [0.29, 0.717) is 0 Å². The zero-order valence-corrected chi connectivity index (χ0v) is 9.84. The number of allylic oxidation sites excluding steroid dienone is 1. The largest absolute Gasteiger partial charge is 0.375 e. The molecule has 89 valence electrons. The lowest BCUT2D eigenvalue weighted by molar-refractivity contribution is -0.131. The highest BCUT2D eigenvalue weighted by Crippen LogP contribution is 2.08. The van der Waals surface area contributed by atoms with Crippen molar-refractivity contribution in [2.24, 2.45) is 0 Å². The van der Waals surface area contributed by atoms with Gasteiger partial charge in [0.1, 0.15) is 6.61 Å². The Labute approximate surface area is 100 Å². The van der Waals surface area contributed by atoms with Gasteiger partial charge in [0.2, 0.25) is 0 Å². The molecule has 0 bridgehead atoms. The lowest BCUT2D eigenvalue weighted by Gasteiger charge is -2.15. The fourth-order valence-corrected chi connectivity index (χ4v) is 1.26. The average molecular weight is 232 g/mol. The second kappa shape index (κ2) is 6.60. The molecule has 4 heteroatoms. The Kier molecular flexibility index (Phi) is 5.10. The Morgan fingerprint density at radius 3 is 2.59 bits per heavy atom. The van der Waals surface area contributed by atoms with Crippen LogP contribution in [-0.4, -0.2) is 37.9 Å². The van der Waals surface area contributed by atoms with Crippen molar-refractivity contribution in [1.82, 2.24) is 4.90 Å². The molecule has 4 nitrogen and oxygen atoms in total. The van der Waals surface area contributed by atoms with Gasteiger partial charge >= 0.3 is 0 Å². The van der Waals surface area contributed by atoms with Crippen molar-refractivity contribution >= 4 is 18.3 Å². The van der Waals surface area contributed by atoms with Crippen LogP contribution in [0.5, 0.6) is 0 Å². The number of amides is 1. The predicted octanol–water partition coefficient (Wildman–Crippen LogP) is 1.24. The fourth-order valence-electron chi connectivity index (χ4n) is 1.26. The highest BCUT2D eigenvalue weighted by atomic mass is 16.5. The number of nitrogens with zero attached hydrogens (tertiary/aromatic N) is 1. The Morgan fingerprint density at radius 1 is 1.41 bits per heavy atom. The Balaban J connectivity index is 2.88. The second-order valence-electron chi connectivity index (χ2n) is 3.43. The van der Waals surface area contributed by atoms with Gasteiger partial charge in [0.05, 0.1) is 5.70 Å². The smallest absolute Gasteiger partial charge is 0.252 e. The van der Waals surface area contributed by atoms with E-state index in [9.17, 15) is 9.59 Å². The molecule has 17 heavy (non-hydrogen) atoms. The number of ether oxygens (including phenoxy) is 1. The third-order valence-electron chi connectivity index (χ3n) is 2.21. The number of rotatable bonds is 5. The maximum absolute atomic E-state index is 11.5. The van der Waals surface area contributed by atoms with E-state index < -0.39 is 0 Å². The topological polar surface area (TPSA) is 46.6 Å². The summed E-state index contributed by atoms with van der Waals surface area (Å²) in [5, 5.41) is 0. The first-order valence-corrected chi connectivity index (χ1v) is 5.09. The third kappa shape index (κ3) is 3.85. The number of likely N-dealkylation sites (N-methyl/N-ethyl adjacent to an activating group) is 1. The number of hydrogen-bond donors (Lipinski definition) is 0. The molecular formula is C13H14NO3. The molecule has 1 rings (SSSR count). The molecule has 1 amide bonds. The van der Waals surface area contributed by atoms with Crippen LogP contribution in [0, 0.1) is 0 Å². The van der Waals surface area contributed by atoms with Crippen molar-refractivity contribution in [2.75, 3.05) is 20.8 Å². The Hall–Kier alpha value is -1.94. The van der Waals surface area contributed by atoms with Crippen LogP contribution in [0.3, 0.4) is 0 Å². The van der Waals surface area contributed by atoms with Crippen LogP contribution >= 0.6 is 0 Å². The molecule has 0 aliphatic carbocycles. The zero-order chi connectivity index (χ0) is 12.7. The number of carbonyl (C=O) groups is 1. The van der Waals surface area contributed by atoms with E-state index in [1.165, 1.54) is 19.1 Å². The SMILES string of the molecule is COCC(=O)N(C)C([C]=O)=Cc1ccccc1. The van der Waals surface area contributed by atoms with Gasteiger partial charge in [-0.3, -0.25) is 9.59 Å². The van der Waals surface area contributed by atoms with Crippen LogP contribution in [0.25, 0.3) is 6.08 Å². The molecule has 0 saturated carbocycles. The van der Waals surface area contributed by atoms with Crippen LogP contribution < -0.4 is 0 Å². The van der Waals surface area contributed by atoms with Crippen molar-refractivity contribution in [3.8, 4) is 0 Å². The minimum absolute atomic E-state index is 0.0652. The van der Waals surface area contributed by atoms with E-state index in [0.717, 1.165) is 5.56 Å². The molecule has 0 aromatic heterocycles. The van der Waals surface area contributed by atoms with Crippen LogP contribution in [0.15, 0.2) is 36.0 Å². The van der Waals surface area contributed by atoms with E-state index in [1.54, 1.807) is 12.4 Å². The first kappa shape index (κ1) is 13.1. The second-order valence-corrected chi connectivity index (χ2v) is 3.43. The minimum Gasteiger partial charge on any atom is -0.375 e. The van der Waals surface area contributed by atoms with Gasteiger partial charge in [-0.15, -0.1) is 0 Å². The maximum Gasteiger partial charge on any atom is 0.252 e. The molecule has 0 aliphatic heterocycles. The van der Waals surface area contributed by atoms with E-state index >= 15 is 0 Å². The van der Waals surface area contributed by atoms with Gasteiger partial charge in [0, 0.05) is 14.2 Å². The molecular weight excluding hydrogens is 218 g/mol. The summed E-state index contributed by atoms with van der Waals surface area (Å²) in [4.78, 5) is 23.6. The fraction of sp³-hybridized carbons (Fsp3) is 0.231. The van der Waals surface area contributed by atoms with Gasteiger partial charge in [0.15, 0.2) is 0 Å². The van der Waals surface area contributed by atoms with Crippen molar-refractivity contribution < 1.29 is 14.3 Å². The Bertz CT molecular complexity index is 412. The first-order chi connectivity index (χ1) is 8.19. The summed E-state index contributed by atoms with van der Waals surface area (Å²) in [6.07, 6.45) is 3.35. The molecule has 1 radical (unpaired) electrons. The molecule has 0 atom stereocenters. The molecule has 0 aliphatic rings. The zero-order valence-electron chi connectivity index (χ0n) is 9.84. The van der Waals surface area contributed by atoms with Gasteiger partial charge in [-0.25, -0.2) is 0 Å². The molecule has 0 unspecified atom stereocenters. The third-order valence-corrected chi connectivity index (χ3v) is 2.21. The van der Waals surface area contributed by atoms with Crippen LogP contribution in [-0.2, 0) is 14.3 Å². The van der Waals surface area contributed by atoms with E-state index in [4.69, 9.17) is 4.74 Å². The summed E-state index contributed by atoms with van der Waals surface area (Å²) in [6.45, 7) is -0.0652. The molecule has 0 N–H and O–H groups in total. The van der Waals surface area contributed by atoms with Gasteiger partial charge in [-0.1, -0.05) is 30.3 Å². The molecule has 0 spiro atoms. The molecule has 0 heterocycles. The maximum atomic E-state index is 11.5. The summed E-state index contributed by atoms with van der Waals surface area (Å²) >= 11 is 0. The first-order valence-electron chi connectivity index (χ1n) is 5.09. The van der Waals surface area contributed by atoms with E-state index in [1.807, 2.05) is 30.3 Å². The molecule has 0 fully saturated rings. The molecule has 1 aromatic rings. The van der Waals surface area contributed by atoms with Gasteiger partial charge in [-0.05, 0) is 11.6 Å². The van der Waals surface area contributed by atoms with Crippen molar-refractivity contribution in [3.63, 3.8) is 0 Å². The van der Waals surface area contributed by atoms with Gasteiger partial charge in [-0.2, -0.15) is 0 Å². The summed E-state index contributed by atoms with van der Waals surface area (Å²) in [7, 11) is 2.94. The van der Waals surface area contributed by atoms with Gasteiger partial charge in [0.25, 0.3) is 12.2 Å². The molecule has 1 aromatic carbocycles. The van der Waals surface area contributed by atoms with Crippen LogP contribution in [0.4, 0.5) is 0 Å². The quantitative estimate of drug-likeness (QED) is 0.718. The van der Waals surface area contributed by atoms with Crippen molar-refractivity contribution in [1.29, 1.82) is 0 Å². The average Bonchev–Trinajstić information content (AvgIpc) is 2.36. The summed E-state index contributed by atoms with van der Waals surface area (Å²) in [5.41, 5.74) is 1.01. The van der Waals surface area contributed by atoms with Gasteiger partial charge < -0.3 is 9.64 Å². The number of carbonyl (C=O) groups excluding carboxylic acids is 2. The van der Waals surface area contributed by atoms with E-state index in [2.05, 4.69) is 0 Å². The van der Waals surface area contributed by atoms with Crippen molar-refractivity contribution in [3.05, 3.63) is 41.6 Å². The lowest BCUT2D eigenvalue weighted by atomic mass is 10.2. The normalized spacial score (nSPS) is 11.1. The van der Waals surface area contributed by atoms with Crippen LogP contribution in [0.2, 0.25) is 0 Å². The lowest BCUT2D eigenvalue weighted by Crippen LogP contribution is -2.29. The van der Waals surface area contributed by atoms with E-state index in [-0.39, 0.29) is 18.2 Å². The van der Waals surface area contributed by atoms with Crippen molar-refractivity contribution in [2.45, 2.75) is 0 Å². The number of methoxy groups -OCH3 is 1. The standard InChI is InChI=1S/C13H14NO3/c1-14(13(16)10-17-2)12(9-15)8-11-6-4-3-5-7-11/h3-8H,10H2,1-2H3. The number of benzene rings is 1. The Morgan fingerprint density at radius 2 is 2.06 bits per heavy atom.